The molecule has 0 spiro atoms. The lowest BCUT2D eigenvalue weighted by molar-refractivity contribution is -0.119. The van der Waals surface area contributed by atoms with Gasteiger partial charge in [-0.2, -0.15) is 0 Å². The summed E-state index contributed by atoms with van der Waals surface area (Å²) in [6.45, 7) is 2.46. The summed E-state index contributed by atoms with van der Waals surface area (Å²) in [5, 5.41) is 3.71. The molecule has 1 amide bonds. The number of hydrogen-bond donors (Lipinski definition) is 2. The highest BCUT2D eigenvalue weighted by Crippen LogP contribution is 2.23. The van der Waals surface area contributed by atoms with Crippen molar-refractivity contribution in [1.82, 2.24) is 4.98 Å². The molecule has 0 radical (unpaired) electrons. The third-order valence-corrected chi connectivity index (χ3v) is 3.17. The number of halogens is 1. The number of nitrogens with one attached hydrogen (secondary N) is 1. The van der Waals surface area contributed by atoms with Crippen molar-refractivity contribution in [2.24, 2.45) is 5.73 Å². The summed E-state index contributed by atoms with van der Waals surface area (Å²) < 4.78 is 5.20. The van der Waals surface area contributed by atoms with Crippen molar-refractivity contribution in [2.45, 2.75) is 13.5 Å². The van der Waals surface area contributed by atoms with Crippen LogP contribution in [-0.2, 0) is 11.3 Å². The number of pyridine rings is 1. The number of ether oxygens (including phenoxy) is 1. The lowest BCUT2D eigenvalue weighted by Crippen LogP contribution is -2.19. The van der Waals surface area contributed by atoms with Gasteiger partial charge in [-0.25, -0.2) is 4.98 Å². The lowest BCUT2D eigenvalue weighted by Gasteiger charge is -2.11. The molecule has 110 valence electrons. The van der Waals surface area contributed by atoms with E-state index in [1.807, 2.05) is 25.1 Å². The Bertz CT molecular complexity index is 609. The van der Waals surface area contributed by atoms with Crippen LogP contribution in [0.3, 0.4) is 0 Å². The first kappa shape index (κ1) is 15.1. The monoisotopic (exact) mass is 305 g/mol. The Labute approximate surface area is 128 Å². The zero-order chi connectivity index (χ0) is 15.2. The summed E-state index contributed by atoms with van der Waals surface area (Å²) in [5.74, 6) is 0.107. The molecular formula is C15H16ClN3O2. The Morgan fingerprint density at radius 3 is 2.67 bits per heavy atom. The molecule has 3 N–H and O–H groups in total. The Morgan fingerprint density at radius 2 is 2.05 bits per heavy atom. The highest BCUT2D eigenvalue weighted by Gasteiger charge is 2.04. The number of amides is 1. The van der Waals surface area contributed by atoms with E-state index in [1.54, 1.807) is 18.3 Å². The van der Waals surface area contributed by atoms with Crippen LogP contribution < -0.4 is 15.8 Å². The van der Waals surface area contributed by atoms with Crippen LogP contribution in [0.2, 0.25) is 5.15 Å². The SMILES string of the molecule is Cc1ccnc(Cl)c1NCc1ccc(OCC(N)=O)cc1. The van der Waals surface area contributed by atoms with E-state index >= 15 is 0 Å². The number of carbonyl (C=O) groups is 1. The number of carbonyl (C=O) groups excluding carboxylic acids is 1. The second kappa shape index (κ2) is 6.95. The van der Waals surface area contributed by atoms with Crippen LogP contribution in [0.1, 0.15) is 11.1 Å². The maximum Gasteiger partial charge on any atom is 0.255 e. The minimum absolute atomic E-state index is 0.123. The summed E-state index contributed by atoms with van der Waals surface area (Å²) in [7, 11) is 0. The summed E-state index contributed by atoms with van der Waals surface area (Å²) in [5.41, 5.74) is 7.94. The van der Waals surface area contributed by atoms with Crippen LogP contribution in [0, 0.1) is 6.92 Å². The van der Waals surface area contributed by atoms with Gasteiger partial charge in [0, 0.05) is 12.7 Å². The predicted octanol–water partition coefficient (Wildman–Crippen LogP) is 2.52. The number of anilines is 1. The predicted molar refractivity (Wildman–Crippen MR) is 82.4 cm³/mol. The van der Waals surface area contributed by atoms with Gasteiger partial charge in [0.1, 0.15) is 5.75 Å². The van der Waals surface area contributed by atoms with Crippen LogP contribution >= 0.6 is 11.6 Å². The van der Waals surface area contributed by atoms with Crippen LogP contribution in [0.4, 0.5) is 5.69 Å². The van der Waals surface area contributed by atoms with Gasteiger partial charge in [0.2, 0.25) is 0 Å². The number of nitrogens with two attached hydrogens (primary N) is 1. The molecule has 1 aromatic heterocycles. The molecule has 0 atom stereocenters. The molecule has 0 saturated heterocycles. The first-order chi connectivity index (χ1) is 10.1. The molecule has 1 aromatic carbocycles. The van der Waals surface area contributed by atoms with Crippen LogP contribution in [0.5, 0.6) is 5.75 Å². The quantitative estimate of drug-likeness (QED) is 0.804. The molecular weight excluding hydrogens is 290 g/mol. The van der Waals surface area contributed by atoms with Gasteiger partial charge >= 0.3 is 0 Å². The Kier molecular flexibility index (Phi) is 5.00. The lowest BCUT2D eigenvalue weighted by atomic mass is 10.2. The van der Waals surface area contributed by atoms with E-state index in [2.05, 4.69) is 10.3 Å². The maximum atomic E-state index is 10.6. The molecule has 0 aliphatic rings. The van der Waals surface area contributed by atoms with Crippen LogP contribution in [-0.4, -0.2) is 17.5 Å². The normalized spacial score (nSPS) is 10.2. The zero-order valence-corrected chi connectivity index (χ0v) is 12.4. The van der Waals surface area contributed by atoms with Gasteiger partial charge in [0.05, 0.1) is 5.69 Å². The molecule has 1 heterocycles. The number of rotatable bonds is 6. The average molecular weight is 306 g/mol. The van der Waals surface area contributed by atoms with Gasteiger partial charge in [-0.15, -0.1) is 0 Å². The second-order valence-electron chi connectivity index (χ2n) is 4.55. The van der Waals surface area contributed by atoms with E-state index in [9.17, 15) is 4.79 Å². The number of primary amides is 1. The molecule has 0 fully saturated rings. The minimum atomic E-state index is -0.498. The fourth-order valence-corrected chi connectivity index (χ4v) is 2.06. The molecule has 0 aliphatic heterocycles. The number of aromatic nitrogens is 1. The highest BCUT2D eigenvalue weighted by atomic mass is 35.5. The molecule has 0 saturated carbocycles. The minimum Gasteiger partial charge on any atom is -0.484 e. The number of aryl methyl sites for hydroxylation is 1. The van der Waals surface area contributed by atoms with Gasteiger partial charge < -0.3 is 15.8 Å². The van der Waals surface area contributed by atoms with Crippen LogP contribution in [0.25, 0.3) is 0 Å². The Hall–Kier alpha value is -2.27. The van der Waals surface area contributed by atoms with E-state index in [0.717, 1.165) is 16.8 Å². The number of hydrogen-bond acceptors (Lipinski definition) is 4. The summed E-state index contributed by atoms with van der Waals surface area (Å²) in [6, 6.07) is 9.29. The fraction of sp³-hybridized carbons (Fsp3) is 0.200. The van der Waals surface area contributed by atoms with E-state index in [4.69, 9.17) is 22.1 Å². The molecule has 21 heavy (non-hydrogen) atoms. The first-order valence-corrected chi connectivity index (χ1v) is 6.79. The molecule has 2 aromatic rings. The molecule has 2 rings (SSSR count). The van der Waals surface area contributed by atoms with E-state index in [-0.39, 0.29) is 6.61 Å². The molecule has 5 nitrogen and oxygen atoms in total. The van der Waals surface area contributed by atoms with Gasteiger partial charge in [-0.3, -0.25) is 4.79 Å². The summed E-state index contributed by atoms with van der Waals surface area (Å²) >= 11 is 6.05. The van der Waals surface area contributed by atoms with Gasteiger partial charge in [0.25, 0.3) is 5.91 Å². The third kappa shape index (κ3) is 4.36. The summed E-state index contributed by atoms with van der Waals surface area (Å²) in [4.78, 5) is 14.7. The largest absolute Gasteiger partial charge is 0.484 e. The number of nitrogens with zero attached hydrogens (tertiary/aromatic N) is 1. The van der Waals surface area contributed by atoms with Crippen molar-refractivity contribution in [1.29, 1.82) is 0 Å². The van der Waals surface area contributed by atoms with E-state index in [1.165, 1.54) is 0 Å². The van der Waals surface area contributed by atoms with Crippen molar-refractivity contribution in [3.63, 3.8) is 0 Å². The van der Waals surface area contributed by atoms with Crippen molar-refractivity contribution >= 4 is 23.2 Å². The van der Waals surface area contributed by atoms with Crippen molar-refractivity contribution < 1.29 is 9.53 Å². The average Bonchev–Trinajstić information content (AvgIpc) is 2.46. The smallest absolute Gasteiger partial charge is 0.255 e. The molecule has 0 unspecified atom stereocenters. The van der Waals surface area contributed by atoms with E-state index < -0.39 is 5.91 Å². The molecule has 0 bridgehead atoms. The van der Waals surface area contributed by atoms with E-state index in [0.29, 0.717) is 17.4 Å². The summed E-state index contributed by atoms with van der Waals surface area (Å²) in [6.07, 6.45) is 1.67. The van der Waals surface area contributed by atoms with Crippen molar-refractivity contribution in [2.75, 3.05) is 11.9 Å². The topological polar surface area (TPSA) is 77.2 Å². The molecule has 6 heteroatoms. The van der Waals surface area contributed by atoms with Gasteiger partial charge in [-0.05, 0) is 36.2 Å². The zero-order valence-electron chi connectivity index (χ0n) is 11.6. The van der Waals surface area contributed by atoms with Crippen molar-refractivity contribution in [3.05, 3.63) is 52.8 Å². The number of benzene rings is 1. The first-order valence-electron chi connectivity index (χ1n) is 6.41. The van der Waals surface area contributed by atoms with Gasteiger partial charge in [0.15, 0.2) is 11.8 Å². The maximum absolute atomic E-state index is 10.6. The van der Waals surface area contributed by atoms with Crippen molar-refractivity contribution in [3.8, 4) is 5.75 Å². The highest BCUT2D eigenvalue weighted by molar-refractivity contribution is 6.32. The second-order valence-corrected chi connectivity index (χ2v) is 4.90. The Balaban J connectivity index is 1.96. The van der Waals surface area contributed by atoms with Crippen LogP contribution in [0.15, 0.2) is 36.5 Å². The third-order valence-electron chi connectivity index (χ3n) is 2.89. The standard InChI is InChI=1S/C15H16ClN3O2/c1-10-6-7-18-15(16)14(10)19-8-11-2-4-12(5-3-11)21-9-13(17)20/h2-7,19H,8-9H2,1H3,(H2,17,20). The molecule has 0 aliphatic carbocycles. The fourth-order valence-electron chi connectivity index (χ4n) is 1.79. The van der Waals surface area contributed by atoms with Gasteiger partial charge in [-0.1, -0.05) is 23.7 Å². The Morgan fingerprint density at radius 1 is 1.33 bits per heavy atom.